The lowest BCUT2D eigenvalue weighted by Crippen LogP contribution is -2.09. The van der Waals surface area contributed by atoms with Crippen LogP contribution < -0.4 is 14.8 Å². The van der Waals surface area contributed by atoms with E-state index in [1.54, 1.807) is 37.5 Å². The number of anilines is 1. The molecule has 0 unspecified atom stereocenters. The maximum atomic E-state index is 12.3. The van der Waals surface area contributed by atoms with E-state index in [1.807, 2.05) is 30.3 Å². The molecule has 7 heteroatoms. The van der Waals surface area contributed by atoms with Crippen molar-refractivity contribution in [3.63, 3.8) is 0 Å². The minimum absolute atomic E-state index is 0.128. The normalized spacial score (nSPS) is 10.6. The lowest BCUT2D eigenvalue weighted by Gasteiger charge is -2.13. The Labute approximate surface area is 173 Å². The quantitative estimate of drug-likeness (QED) is 0.330. The van der Waals surface area contributed by atoms with Gasteiger partial charge in [0, 0.05) is 17.7 Å². The molecular weight excluding hydrogens is 384 g/mol. The zero-order valence-corrected chi connectivity index (χ0v) is 16.3. The zero-order valence-electron chi connectivity index (χ0n) is 16.3. The van der Waals surface area contributed by atoms with E-state index in [9.17, 15) is 14.9 Å². The maximum absolute atomic E-state index is 12.3. The van der Waals surface area contributed by atoms with Crippen LogP contribution >= 0.6 is 0 Å². The van der Waals surface area contributed by atoms with Crippen LogP contribution in [0.3, 0.4) is 0 Å². The molecule has 3 rings (SSSR count). The molecule has 0 bridgehead atoms. The predicted octanol–water partition coefficient (Wildman–Crippen LogP) is 4.83. The van der Waals surface area contributed by atoms with Crippen molar-refractivity contribution < 1.29 is 19.2 Å². The minimum Gasteiger partial charge on any atom is -0.493 e. The van der Waals surface area contributed by atoms with Crippen LogP contribution in [0, 0.1) is 10.1 Å². The van der Waals surface area contributed by atoms with Crippen LogP contribution in [-0.2, 0) is 11.4 Å². The van der Waals surface area contributed by atoms with E-state index in [0.29, 0.717) is 23.7 Å². The highest BCUT2D eigenvalue weighted by Gasteiger charge is 2.14. The number of nitro groups is 1. The van der Waals surface area contributed by atoms with E-state index in [4.69, 9.17) is 9.47 Å². The van der Waals surface area contributed by atoms with Crippen molar-refractivity contribution in [2.45, 2.75) is 6.61 Å². The summed E-state index contributed by atoms with van der Waals surface area (Å²) in [6.07, 6.45) is 2.87. The average molecular weight is 404 g/mol. The van der Waals surface area contributed by atoms with Crippen molar-refractivity contribution in [3.05, 3.63) is 100 Å². The predicted molar refractivity (Wildman–Crippen MR) is 115 cm³/mol. The molecule has 0 saturated carbocycles. The molecule has 0 atom stereocenters. The van der Waals surface area contributed by atoms with E-state index in [-0.39, 0.29) is 11.4 Å². The van der Waals surface area contributed by atoms with E-state index < -0.39 is 10.8 Å². The van der Waals surface area contributed by atoms with Crippen molar-refractivity contribution >= 4 is 23.4 Å². The van der Waals surface area contributed by atoms with Crippen LogP contribution in [0.1, 0.15) is 11.1 Å². The molecule has 0 aliphatic heterocycles. The summed E-state index contributed by atoms with van der Waals surface area (Å²) >= 11 is 0. The van der Waals surface area contributed by atoms with Gasteiger partial charge in [-0.25, -0.2) is 0 Å². The van der Waals surface area contributed by atoms with Gasteiger partial charge in [-0.3, -0.25) is 14.9 Å². The SMILES string of the molecule is COc1cccc(/C=C/C(=O)Nc2ccccc2[N+](=O)[O-])c1OCc1ccccc1. The monoisotopic (exact) mass is 404 g/mol. The number of rotatable bonds is 8. The van der Waals surface area contributed by atoms with Gasteiger partial charge < -0.3 is 14.8 Å². The third-order valence-corrected chi connectivity index (χ3v) is 4.23. The second-order valence-electron chi connectivity index (χ2n) is 6.25. The number of carbonyl (C=O) groups is 1. The summed E-state index contributed by atoms with van der Waals surface area (Å²) in [5, 5.41) is 13.6. The highest BCUT2D eigenvalue weighted by atomic mass is 16.6. The fourth-order valence-corrected chi connectivity index (χ4v) is 2.79. The number of nitrogens with one attached hydrogen (secondary N) is 1. The minimum atomic E-state index is -0.545. The van der Waals surface area contributed by atoms with E-state index in [1.165, 1.54) is 24.3 Å². The zero-order chi connectivity index (χ0) is 21.3. The Morgan fingerprint density at radius 3 is 2.50 bits per heavy atom. The van der Waals surface area contributed by atoms with Crippen LogP contribution in [0.4, 0.5) is 11.4 Å². The fourth-order valence-electron chi connectivity index (χ4n) is 2.79. The van der Waals surface area contributed by atoms with Crippen molar-refractivity contribution in [1.29, 1.82) is 0 Å². The summed E-state index contributed by atoms with van der Waals surface area (Å²) < 4.78 is 11.3. The Morgan fingerprint density at radius 1 is 1.03 bits per heavy atom. The van der Waals surface area contributed by atoms with Gasteiger partial charge in [-0.1, -0.05) is 54.6 Å². The highest BCUT2D eigenvalue weighted by Crippen LogP contribution is 2.33. The Kier molecular flexibility index (Phi) is 6.78. The second kappa shape index (κ2) is 9.88. The molecule has 0 fully saturated rings. The van der Waals surface area contributed by atoms with E-state index >= 15 is 0 Å². The Morgan fingerprint density at radius 2 is 1.77 bits per heavy atom. The first-order valence-electron chi connectivity index (χ1n) is 9.14. The molecule has 0 heterocycles. The molecule has 1 N–H and O–H groups in total. The number of hydrogen-bond acceptors (Lipinski definition) is 5. The number of methoxy groups -OCH3 is 1. The number of nitro benzene ring substituents is 1. The van der Waals surface area contributed by atoms with Crippen molar-refractivity contribution in [2.75, 3.05) is 12.4 Å². The molecule has 3 aromatic rings. The number of hydrogen-bond donors (Lipinski definition) is 1. The molecule has 0 radical (unpaired) electrons. The third-order valence-electron chi connectivity index (χ3n) is 4.23. The molecule has 7 nitrogen and oxygen atoms in total. The molecular formula is C23H20N2O5. The van der Waals surface area contributed by atoms with Crippen molar-refractivity contribution in [3.8, 4) is 11.5 Å². The summed E-state index contributed by atoms with van der Waals surface area (Å²) in [6.45, 7) is 0.338. The highest BCUT2D eigenvalue weighted by molar-refractivity contribution is 6.03. The van der Waals surface area contributed by atoms with Crippen molar-refractivity contribution in [2.24, 2.45) is 0 Å². The van der Waals surface area contributed by atoms with Gasteiger partial charge in [0.2, 0.25) is 5.91 Å². The number of para-hydroxylation sites is 3. The van der Waals surface area contributed by atoms with Gasteiger partial charge in [0.25, 0.3) is 5.69 Å². The second-order valence-corrected chi connectivity index (χ2v) is 6.25. The average Bonchev–Trinajstić information content (AvgIpc) is 2.77. The number of nitrogens with zero attached hydrogens (tertiary/aromatic N) is 1. The first kappa shape index (κ1) is 20.6. The lowest BCUT2D eigenvalue weighted by atomic mass is 10.1. The molecule has 0 saturated heterocycles. The van der Waals surface area contributed by atoms with E-state index in [2.05, 4.69) is 5.32 Å². The fraction of sp³-hybridized carbons (Fsp3) is 0.0870. The van der Waals surface area contributed by atoms with Crippen LogP contribution in [0.15, 0.2) is 78.9 Å². The Bertz CT molecular complexity index is 1060. The van der Waals surface area contributed by atoms with Crippen molar-refractivity contribution in [1.82, 2.24) is 0 Å². The Balaban J connectivity index is 1.78. The molecule has 152 valence electrons. The lowest BCUT2D eigenvalue weighted by molar-refractivity contribution is -0.383. The number of amides is 1. The first-order chi connectivity index (χ1) is 14.6. The topological polar surface area (TPSA) is 90.7 Å². The largest absolute Gasteiger partial charge is 0.493 e. The van der Waals surface area contributed by atoms with Gasteiger partial charge in [0.1, 0.15) is 12.3 Å². The standard InChI is InChI=1S/C23H20N2O5/c1-29-21-13-7-10-18(23(21)30-16-17-8-3-2-4-9-17)14-15-22(26)24-19-11-5-6-12-20(19)25(27)28/h2-15H,16H2,1H3,(H,24,26)/b15-14+. The van der Waals surface area contributed by atoms with Gasteiger partial charge in [-0.2, -0.15) is 0 Å². The van der Waals surface area contributed by atoms with E-state index in [0.717, 1.165) is 5.56 Å². The molecule has 3 aromatic carbocycles. The van der Waals surface area contributed by atoms with Crippen LogP contribution in [0.2, 0.25) is 0 Å². The van der Waals surface area contributed by atoms with Crippen LogP contribution in [0.5, 0.6) is 11.5 Å². The van der Waals surface area contributed by atoms with Gasteiger partial charge in [0.05, 0.1) is 12.0 Å². The molecule has 0 spiro atoms. The number of benzene rings is 3. The summed E-state index contributed by atoms with van der Waals surface area (Å²) in [4.78, 5) is 22.9. The van der Waals surface area contributed by atoms with Crippen LogP contribution in [-0.4, -0.2) is 17.9 Å². The third kappa shape index (κ3) is 5.23. The summed E-state index contributed by atoms with van der Waals surface area (Å²) in [6, 6.07) is 21.0. The molecule has 1 amide bonds. The summed E-state index contributed by atoms with van der Waals surface area (Å²) in [7, 11) is 1.54. The first-order valence-corrected chi connectivity index (χ1v) is 9.14. The summed E-state index contributed by atoms with van der Waals surface area (Å²) in [5.41, 5.74) is 1.59. The smallest absolute Gasteiger partial charge is 0.292 e. The van der Waals surface area contributed by atoms with Gasteiger partial charge >= 0.3 is 0 Å². The Hall–Kier alpha value is -4.13. The molecule has 30 heavy (non-hydrogen) atoms. The molecule has 0 aliphatic rings. The van der Waals surface area contributed by atoms with Crippen LogP contribution in [0.25, 0.3) is 6.08 Å². The van der Waals surface area contributed by atoms with Gasteiger partial charge in [0.15, 0.2) is 11.5 Å². The molecule has 0 aromatic heterocycles. The maximum Gasteiger partial charge on any atom is 0.292 e. The summed E-state index contributed by atoms with van der Waals surface area (Å²) in [5.74, 6) is 0.534. The number of carbonyl (C=O) groups excluding carboxylic acids is 1. The van der Waals surface area contributed by atoms with Gasteiger partial charge in [-0.05, 0) is 23.8 Å². The van der Waals surface area contributed by atoms with Gasteiger partial charge in [-0.15, -0.1) is 0 Å². The number of ether oxygens (including phenoxy) is 2. The molecule has 0 aliphatic carbocycles.